The van der Waals surface area contributed by atoms with E-state index in [0.29, 0.717) is 11.5 Å². The second-order valence-corrected chi connectivity index (χ2v) is 5.80. The fourth-order valence-corrected chi connectivity index (χ4v) is 3.76. The van der Waals surface area contributed by atoms with Crippen LogP contribution in [0.1, 0.15) is 11.5 Å². The molecule has 1 aromatic rings. The SMILES string of the molecule is Brc1cccc2c1NC[C@]13CN1CC=C[C@@H]23. The van der Waals surface area contributed by atoms with Crippen molar-refractivity contribution >= 4 is 21.6 Å². The zero-order chi connectivity index (χ0) is 10.8. The normalized spacial score (nSPS) is 38.1. The molecule has 3 heterocycles. The molecule has 3 atom stereocenters. The molecular weight excluding hydrogens is 264 g/mol. The Labute approximate surface area is 103 Å². The highest BCUT2D eigenvalue weighted by Crippen LogP contribution is 2.53. The number of hydrogen-bond donors (Lipinski definition) is 1. The molecule has 82 valence electrons. The van der Waals surface area contributed by atoms with Crippen LogP contribution in [0, 0.1) is 0 Å². The summed E-state index contributed by atoms with van der Waals surface area (Å²) in [5.74, 6) is 0.579. The number of hydrogen-bond acceptors (Lipinski definition) is 2. The molecule has 1 saturated heterocycles. The van der Waals surface area contributed by atoms with Crippen molar-refractivity contribution in [3.8, 4) is 0 Å². The molecule has 16 heavy (non-hydrogen) atoms. The predicted octanol–water partition coefficient (Wildman–Crippen LogP) is 2.58. The van der Waals surface area contributed by atoms with Gasteiger partial charge in [-0.2, -0.15) is 0 Å². The number of benzene rings is 1. The largest absolute Gasteiger partial charge is 0.382 e. The molecule has 0 saturated carbocycles. The van der Waals surface area contributed by atoms with Gasteiger partial charge in [0, 0.05) is 30.0 Å². The predicted molar refractivity (Wildman–Crippen MR) is 68.8 cm³/mol. The summed E-state index contributed by atoms with van der Waals surface area (Å²) in [6.45, 7) is 3.45. The highest BCUT2D eigenvalue weighted by atomic mass is 79.9. The topological polar surface area (TPSA) is 15.0 Å². The Morgan fingerprint density at radius 3 is 3.31 bits per heavy atom. The van der Waals surface area contributed by atoms with E-state index in [0.717, 1.165) is 13.1 Å². The Hall–Kier alpha value is -0.800. The van der Waals surface area contributed by atoms with Crippen LogP contribution in [-0.2, 0) is 0 Å². The van der Waals surface area contributed by atoms with E-state index in [4.69, 9.17) is 0 Å². The van der Waals surface area contributed by atoms with E-state index in [1.165, 1.54) is 22.3 Å². The van der Waals surface area contributed by atoms with Gasteiger partial charge in [-0.3, -0.25) is 4.90 Å². The third-order valence-electron chi connectivity index (χ3n) is 4.18. The van der Waals surface area contributed by atoms with Gasteiger partial charge in [-0.1, -0.05) is 24.3 Å². The lowest BCUT2D eigenvalue weighted by Gasteiger charge is -2.36. The molecule has 0 bridgehead atoms. The second kappa shape index (κ2) is 2.90. The minimum absolute atomic E-state index is 0.391. The minimum atomic E-state index is 0.391. The van der Waals surface area contributed by atoms with Crippen LogP contribution >= 0.6 is 15.9 Å². The van der Waals surface area contributed by atoms with Crippen molar-refractivity contribution in [2.75, 3.05) is 25.0 Å². The monoisotopic (exact) mass is 276 g/mol. The molecule has 2 nitrogen and oxygen atoms in total. The molecule has 1 unspecified atom stereocenters. The van der Waals surface area contributed by atoms with E-state index >= 15 is 0 Å². The average Bonchev–Trinajstić information content (AvgIpc) is 3.01. The van der Waals surface area contributed by atoms with Crippen molar-refractivity contribution in [1.29, 1.82) is 0 Å². The number of anilines is 1. The van der Waals surface area contributed by atoms with Gasteiger partial charge in [0.1, 0.15) is 0 Å². The summed E-state index contributed by atoms with van der Waals surface area (Å²) in [6, 6.07) is 6.50. The summed E-state index contributed by atoms with van der Waals surface area (Å²) in [5, 5.41) is 3.59. The van der Waals surface area contributed by atoms with Crippen molar-refractivity contribution in [2.45, 2.75) is 11.5 Å². The van der Waals surface area contributed by atoms with Crippen molar-refractivity contribution < 1.29 is 0 Å². The first-order chi connectivity index (χ1) is 7.81. The summed E-state index contributed by atoms with van der Waals surface area (Å²) in [7, 11) is 0. The van der Waals surface area contributed by atoms with E-state index in [-0.39, 0.29) is 0 Å². The third kappa shape index (κ3) is 1.01. The lowest BCUT2D eigenvalue weighted by atomic mass is 9.80. The number of halogens is 1. The van der Waals surface area contributed by atoms with Crippen LogP contribution in [0.5, 0.6) is 0 Å². The summed E-state index contributed by atoms with van der Waals surface area (Å²) in [6.07, 6.45) is 4.71. The molecule has 1 fully saturated rings. The smallest absolute Gasteiger partial charge is 0.0617 e. The molecule has 3 aliphatic heterocycles. The molecule has 0 aromatic heterocycles. The molecule has 4 rings (SSSR count). The van der Waals surface area contributed by atoms with Crippen LogP contribution < -0.4 is 5.32 Å². The van der Waals surface area contributed by atoms with E-state index < -0.39 is 0 Å². The van der Waals surface area contributed by atoms with Crippen molar-refractivity contribution in [3.63, 3.8) is 0 Å². The van der Waals surface area contributed by atoms with E-state index in [1.54, 1.807) is 0 Å². The fourth-order valence-electron chi connectivity index (χ4n) is 3.24. The van der Waals surface area contributed by atoms with E-state index in [1.807, 2.05) is 0 Å². The fraction of sp³-hybridized carbons (Fsp3) is 0.385. The lowest BCUT2D eigenvalue weighted by Crippen LogP contribution is -2.40. The van der Waals surface area contributed by atoms with Crippen molar-refractivity contribution in [1.82, 2.24) is 4.90 Å². The number of para-hydroxylation sites is 1. The van der Waals surface area contributed by atoms with Gasteiger partial charge in [-0.25, -0.2) is 0 Å². The maximum atomic E-state index is 3.63. The summed E-state index contributed by atoms with van der Waals surface area (Å²) in [5.41, 5.74) is 3.12. The number of rotatable bonds is 0. The Bertz CT molecular complexity index is 497. The van der Waals surface area contributed by atoms with E-state index in [2.05, 4.69) is 56.5 Å². The second-order valence-electron chi connectivity index (χ2n) is 4.95. The Balaban J connectivity index is 1.91. The minimum Gasteiger partial charge on any atom is -0.382 e. The van der Waals surface area contributed by atoms with Gasteiger partial charge in [0.05, 0.1) is 11.2 Å². The standard InChI is InChI=1S/C13H13BrN2/c14-11-5-1-3-9-10-4-2-6-16-8-13(10,16)7-15-12(9)11/h1-5,10,15H,6-8H2/t10-,13+,16?/m0/s1. The highest BCUT2D eigenvalue weighted by molar-refractivity contribution is 9.10. The summed E-state index contributed by atoms with van der Waals surface area (Å²) >= 11 is 3.63. The average molecular weight is 277 g/mol. The quantitative estimate of drug-likeness (QED) is 0.579. The molecule has 1 spiro atoms. The zero-order valence-electron chi connectivity index (χ0n) is 8.91. The Kier molecular flexibility index (Phi) is 1.68. The zero-order valence-corrected chi connectivity index (χ0v) is 10.5. The van der Waals surface area contributed by atoms with Crippen molar-refractivity contribution in [3.05, 3.63) is 40.4 Å². The molecule has 3 heteroatoms. The van der Waals surface area contributed by atoms with Gasteiger partial charge >= 0.3 is 0 Å². The van der Waals surface area contributed by atoms with E-state index in [9.17, 15) is 0 Å². The highest BCUT2D eigenvalue weighted by Gasteiger charge is 2.59. The third-order valence-corrected chi connectivity index (χ3v) is 4.84. The number of fused-ring (bicyclic) bond motifs is 2. The first-order valence-corrected chi connectivity index (χ1v) is 6.54. The van der Waals surface area contributed by atoms with Gasteiger partial charge in [-0.05, 0) is 27.6 Å². The maximum absolute atomic E-state index is 3.63. The van der Waals surface area contributed by atoms with Gasteiger partial charge < -0.3 is 5.32 Å². The van der Waals surface area contributed by atoms with Gasteiger partial charge in [0.15, 0.2) is 0 Å². The van der Waals surface area contributed by atoms with Gasteiger partial charge in [0.25, 0.3) is 0 Å². The molecular formula is C13H13BrN2. The first-order valence-electron chi connectivity index (χ1n) is 5.75. The molecule has 0 radical (unpaired) electrons. The number of nitrogens with zero attached hydrogens (tertiary/aromatic N) is 1. The van der Waals surface area contributed by atoms with Crippen LogP contribution in [0.3, 0.4) is 0 Å². The number of nitrogens with one attached hydrogen (secondary N) is 1. The molecule has 3 aliphatic rings. The lowest BCUT2D eigenvalue weighted by molar-refractivity contribution is 0.393. The van der Waals surface area contributed by atoms with Crippen LogP contribution in [0.15, 0.2) is 34.8 Å². The summed E-state index contributed by atoms with van der Waals surface area (Å²) in [4.78, 5) is 2.56. The Morgan fingerprint density at radius 2 is 2.38 bits per heavy atom. The van der Waals surface area contributed by atoms with Gasteiger partial charge in [-0.15, -0.1) is 0 Å². The van der Waals surface area contributed by atoms with Crippen LogP contribution in [0.2, 0.25) is 0 Å². The Morgan fingerprint density at radius 1 is 1.44 bits per heavy atom. The van der Waals surface area contributed by atoms with Crippen LogP contribution in [0.25, 0.3) is 0 Å². The van der Waals surface area contributed by atoms with Gasteiger partial charge in [0.2, 0.25) is 0 Å². The maximum Gasteiger partial charge on any atom is 0.0617 e. The molecule has 1 N–H and O–H groups in total. The van der Waals surface area contributed by atoms with Crippen LogP contribution in [-0.4, -0.2) is 30.1 Å². The summed E-state index contributed by atoms with van der Waals surface area (Å²) < 4.78 is 1.19. The van der Waals surface area contributed by atoms with Crippen molar-refractivity contribution in [2.24, 2.45) is 0 Å². The molecule has 0 aliphatic carbocycles. The van der Waals surface area contributed by atoms with Crippen LogP contribution in [0.4, 0.5) is 5.69 Å². The molecule has 0 amide bonds. The first kappa shape index (κ1) is 9.25. The molecule has 1 aromatic carbocycles.